The van der Waals surface area contributed by atoms with Crippen LogP contribution in [0.15, 0.2) is 36.2 Å². The van der Waals surface area contributed by atoms with Crippen LogP contribution in [0, 0.1) is 11.8 Å². The molecule has 0 unspecified atom stereocenters. The van der Waals surface area contributed by atoms with Gasteiger partial charge in [0, 0.05) is 18.8 Å². The summed E-state index contributed by atoms with van der Waals surface area (Å²) >= 11 is 0. The summed E-state index contributed by atoms with van der Waals surface area (Å²) in [5.74, 6) is -1.06. The molecule has 1 fully saturated rings. The van der Waals surface area contributed by atoms with Crippen LogP contribution >= 0.6 is 0 Å². The minimum absolute atomic E-state index is 0.0837. The number of aliphatic hydroxyl groups excluding tert-OH is 1. The van der Waals surface area contributed by atoms with Gasteiger partial charge in [-0.3, -0.25) is 4.79 Å². The van der Waals surface area contributed by atoms with Gasteiger partial charge in [0.05, 0.1) is 5.83 Å². The molecule has 25 heavy (non-hydrogen) atoms. The molecule has 0 bridgehead atoms. The number of aliphatic carboxylic acids is 1. The maximum absolute atomic E-state index is 13.5. The van der Waals surface area contributed by atoms with Crippen LogP contribution < -0.4 is 0 Å². The monoisotopic (exact) mass is 352 g/mol. The van der Waals surface area contributed by atoms with Crippen LogP contribution in [-0.2, 0) is 9.59 Å². The normalized spacial score (nSPS) is 23.0. The summed E-state index contributed by atoms with van der Waals surface area (Å²) in [5, 5.41) is 17.8. The Hall–Kier alpha value is -1.75. The molecule has 0 aliphatic heterocycles. The second-order valence-corrected chi connectivity index (χ2v) is 6.49. The van der Waals surface area contributed by atoms with Crippen molar-refractivity contribution < 1.29 is 24.2 Å². The Labute approximate surface area is 149 Å². The number of carbonyl (C=O) groups is 2. The van der Waals surface area contributed by atoms with Gasteiger partial charge in [0.1, 0.15) is 5.78 Å². The number of allylic oxidation sites excluding steroid dienone is 6. The van der Waals surface area contributed by atoms with E-state index in [0.717, 1.165) is 19.3 Å². The van der Waals surface area contributed by atoms with Crippen molar-refractivity contribution in [2.24, 2.45) is 11.8 Å². The second-order valence-electron chi connectivity index (χ2n) is 6.49. The average Bonchev–Trinajstić information content (AvgIpc) is 2.92. The molecule has 3 atom stereocenters. The number of carboxylic acid groups (broad SMARTS) is 1. The molecule has 4 nitrogen and oxygen atoms in total. The summed E-state index contributed by atoms with van der Waals surface area (Å²) in [6.45, 7) is 2.00. The molecule has 0 aromatic rings. The summed E-state index contributed by atoms with van der Waals surface area (Å²) in [6.07, 6.45) is 12.2. The SMILES string of the molecule is CCCC=C(F)CC=C[C@H]1CCC(=O)[C@@H]1CC=CCC[C@@H](O)C(=O)O. The molecule has 2 N–H and O–H groups in total. The van der Waals surface area contributed by atoms with Crippen molar-refractivity contribution in [3.05, 3.63) is 36.2 Å². The fourth-order valence-corrected chi connectivity index (χ4v) is 2.95. The van der Waals surface area contributed by atoms with Crippen molar-refractivity contribution in [1.82, 2.24) is 0 Å². The summed E-state index contributed by atoms with van der Waals surface area (Å²) in [7, 11) is 0. The minimum Gasteiger partial charge on any atom is -0.479 e. The molecular formula is C20H29FO4. The summed E-state index contributed by atoms with van der Waals surface area (Å²) in [5.41, 5.74) is 0. The van der Waals surface area contributed by atoms with Crippen LogP contribution in [-0.4, -0.2) is 28.1 Å². The van der Waals surface area contributed by atoms with E-state index in [1.807, 2.05) is 31.2 Å². The molecule has 0 heterocycles. The maximum atomic E-state index is 13.5. The van der Waals surface area contributed by atoms with E-state index in [2.05, 4.69) is 0 Å². The summed E-state index contributed by atoms with van der Waals surface area (Å²) in [4.78, 5) is 22.5. The van der Waals surface area contributed by atoms with E-state index in [0.29, 0.717) is 19.3 Å². The largest absolute Gasteiger partial charge is 0.479 e. The smallest absolute Gasteiger partial charge is 0.332 e. The first-order valence-electron chi connectivity index (χ1n) is 9.05. The van der Waals surface area contributed by atoms with E-state index >= 15 is 0 Å². The highest BCUT2D eigenvalue weighted by atomic mass is 19.1. The van der Waals surface area contributed by atoms with Gasteiger partial charge in [-0.05, 0) is 38.0 Å². The molecule has 0 radical (unpaired) electrons. The topological polar surface area (TPSA) is 74.6 Å². The van der Waals surface area contributed by atoms with Crippen molar-refractivity contribution in [3.63, 3.8) is 0 Å². The third-order valence-electron chi connectivity index (χ3n) is 4.45. The summed E-state index contributed by atoms with van der Waals surface area (Å²) in [6, 6.07) is 0. The lowest BCUT2D eigenvalue weighted by Crippen LogP contribution is -2.18. The molecule has 0 spiro atoms. The average molecular weight is 352 g/mol. The highest BCUT2D eigenvalue weighted by Crippen LogP contribution is 2.33. The lowest BCUT2D eigenvalue weighted by molar-refractivity contribution is -0.146. The number of hydrogen-bond acceptors (Lipinski definition) is 3. The van der Waals surface area contributed by atoms with Crippen LogP contribution in [0.3, 0.4) is 0 Å². The van der Waals surface area contributed by atoms with Crippen LogP contribution in [0.2, 0.25) is 0 Å². The zero-order valence-electron chi connectivity index (χ0n) is 14.9. The number of ketones is 1. The van der Waals surface area contributed by atoms with Gasteiger partial charge in [-0.25, -0.2) is 9.18 Å². The predicted octanol–water partition coefficient (Wildman–Crippen LogP) is 4.35. The first-order chi connectivity index (χ1) is 12.0. The van der Waals surface area contributed by atoms with Gasteiger partial charge in [-0.2, -0.15) is 0 Å². The van der Waals surface area contributed by atoms with Crippen molar-refractivity contribution in [1.29, 1.82) is 0 Å². The van der Waals surface area contributed by atoms with Gasteiger partial charge < -0.3 is 10.2 Å². The van der Waals surface area contributed by atoms with E-state index in [1.165, 1.54) is 0 Å². The zero-order valence-corrected chi connectivity index (χ0v) is 14.9. The highest BCUT2D eigenvalue weighted by Gasteiger charge is 2.31. The first kappa shape index (κ1) is 21.3. The van der Waals surface area contributed by atoms with Crippen LogP contribution in [0.1, 0.15) is 58.3 Å². The minimum atomic E-state index is -1.34. The standard InChI is InChI=1S/C20H29FO4/c1-2-3-9-16(21)10-7-8-15-13-14-18(22)17(15)11-5-4-6-12-19(23)20(24)25/h4-5,7-9,15,17,19,23H,2-3,6,10-14H2,1H3,(H,24,25)/t15-,17+,19+/m0/s1. The van der Waals surface area contributed by atoms with Gasteiger partial charge in [0.25, 0.3) is 0 Å². The number of Topliss-reactive ketones (excluding diaryl/α,β-unsaturated/α-hetero) is 1. The summed E-state index contributed by atoms with van der Waals surface area (Å²) < 4.78 is 13.5. The lowest BCUT2D eigenvalue weighted by Gasteiger charge is -2.12. The van der Waals surface area contributed by atoms with Crippen LogP contribution in [0.25, 0.3) is 0 Å². The zero-order chi connectivity index (χ0) is 18.7. The fourth-order valence-electron chi connectivity index (χ4n) is 2.95. The van der Waals surface area contributed by atoms with Crippen molar-refractivity contribution in [2.45, 2.75) is 64.4 Å². The molecule has 1 aliphatic carbocycles. The molecule has 140 valence electrons. The number of aliphatic hydroxyl groups is 1. The molecule has 1 saturated carbocycles. The molecule has 0 aromatic carbocycles. The molecule has 0 aromatic heterocycles. The number of carbonyl (C=O) groups excluding carboxylic acids is 1. The Balaban J connectivity index is 2.43. The van der Waals surface area contributed by atoms with E-state index in [4.69, 9.17) is 5.11 Å². The Morgan fingerprint density at radius 1 is 1.32 bits per heavy atom. The Kier molecular flexibility index (Phi) is 10.0. The third kappa shape index (κ3) is 8.25. The van der Waals surface area contributed by atoms with E-state index in [1.54, 1.807) is 6.08 Å². The number of hydrogen-bond donors (Lipinski definition) is 2. The predicted molar refractivity (Wildman–Crippen MR) is 95.7 cm³/mol. The van der Waals surface area contributed by atoms with Gasteiger partial charge in [-0.15, -0.1) is 0 Å². The second kappa shape index (κ2) is 11.7. The molecule has 1 aliphatic rings. The van der Waals surface area contributed by atoms with E-state index < -0.39 is 12.1 Å². The van der Waals surface area contributed by atoms with Crippen molar-refractivity contribution in [3.8, 4) is 0 Å². The molecular weight excluding hydrogens is 323 g/mol. The van der Waals surface area contributed by atoms with Crippen LogP contribution in [0.5, 0.6) is 0 Å². The fraction of sp³-hybridized carbons (Fsp3) is 0.600. The highest BCUT2D eigenvalue weighted by molar-refractivity contribution is 5.83. The number of unbranched alkanes of at least 4 members (excludes halogenated alkanes) is 1. The number of rotatable bonds is 11. The quantitative estimate of drug-likeness (QED) is 0.542. The lowest BCUT2D eigenvalue weighted by atomic mass is 9.91. The van der Waals surface area contributed by atoms with Crippen LogP contribution in [0.4, 0.5) is 4.39 Å². The molecule has 1 rings (SSSR count). The third-order valence-corrected chi connectivity index (χ3v) is 4.45. The van der Waals surface area contributed by atoms with Crippen molar-refractivity contribution in [2.75, 3.05) is 0 Å². The van der Waals surface area contributed by atoms with Gasteiger partial charge >= 0.3 is 5.97 Å². The van der Waals surface area contributed by atoms with E-state index in [-0.39, 0.29) is 36.3 Å². The molecule has 5 heteroatoms. The van der Waals surface area contributed by atoms with Crippen molar-refractivity contribution >= 4 is 11.8 Å². The Morgan fingerprint density at radius 3 is 2.76 bits per heavy atom. The number of halogens is 1. The molecule has 0 saturated heterocycles. The van der Waals surface area contributed by atoms with Gasteiger partial charge in [-0.1, -0.05) is 43.7 Å². The van der Waals surface area contributed by atoms with Gasteiger partial charge in [0.2, 0.25) is 0 Å². The maximum Gasteiger partial charge on any atom is 0.332 e. The first-order valence-corrected chi connectivity index (χ1v) is 9.05. The van der Waals surface area contributed by atoms with Gasteiger partial charge in [0.15, 0.2) is 6.10 Å². The Bertz CT molecular complexity index is 522. The number of carboxylic acids is 1. The molecule has 0 amide bonds. The Morgan fingerprint density at radius 2 is 2.08 bits per heavy atom. The van der Waals surface area contributed by atoms with E-state index in [9.17, 15) is 19.1 Å².